The first-order valence-electron chi connectivity index (χ1n) is 13.5. The second-order valence-electron chi connectivity index (χ2n) is 10.7. The molecule has 1 unspecified atom stereocenters. The number of halogens is 2. The van der Waals surface area contributed by atoms with Gasteiger partial charge in [0.1, 0.15) is 0 Å². The van der Waals surface area contributed by atoms with E-state index in [0.717, 1.165) is 55.8 Å². The van der Waals surface area contributed by atoms with Crippen molar-refractivity contribution in [2.24, 2.45) is 0 Å². The number of hydrogen-bond donors (Lipinski definition) is 1. The van der Waals surface area contributed by atoms with Crippen molar-refractivity contribution in [1.29, 1.82) is 0 Å². The second-order valence-corrected chi connectivity index (χ2v) is 10.7. The maximum absolute atomic E-state index is 14.2. The molecule has 7 nitrogen and oxygen atoms in total. The summed E-state index contributed by atoms with van der Waals surface area (Å²) in [6.45, 7) is 1.48. The van der Waals surface area contributed by atoms with Gasteiger partial charge in [0.25, 0.3) is 0 Å². The Balaban J connectivity index is 1.15. The number of amides is 4. The van der Waals surface area contributed by atoms with E-state index < -0.39 is 29.7 Å². The van der Waals surface area contributed by atoms with Crippen molar-refractivity contribution in [1.82, 2.24) is 19.7 Å². The number of nitrogens with zero attached hydrogens (tertiary/aromatic N) is 4. The minimum Gasteiger partial charge on any atom is -0.322 e. The molecule has 1 saturated carbocycles. The number of imide groups is 1. The Morgan fingerprint density at radius 1 is 0.974 bits per heavy atom. The lowest BCUT2D eigenvalue weighted by molar-refractivity contribution is 0.0112. The molecule has 4 amide bonds. The molecule has 3 aliphatic rings. The maximum Gasteiger partial charge on any atom is 0.330 e. The summed E-state index contributed by atoms with van der Waals surface area (Å²) in [5.74, 6) is -1.51. The fraction of sp³-hybridized carbons (Fsp3) is 0.367. The van der Waals surface area contributed by atoms with Crippen LogP contribution in [0.5, 0.6) is 0 Å². The Labute approximate surface area is 226 Å². The Kier molecular flexibility index (Phi) is 6.76. The molecule has 202 valence electrons. The molecule has 9 heteroatoms. The van der Waals surface area contributed by atoms with Gasteiger partial charge in [-0.2, -0.15) is 0 Å². The number of carbonyl (C=O) groups is 2. The number of likely N-dealkylation sites (tertiary alicyclic amines) is 1. The third kappa shape index (κ3) is 4.76. The number of carbonyl (C=O) groups excluding carboxylic acids is 2. The summed E-state index contributed by atoms with van der Waals surface area (Å²) in [5.41, 5.74) is 2.68. The van der Waals surface area contributed by atoms with Crippen LogP contribution in [-0.2, 0) is 0 Å². The minimum atomic E-state index is -1.02. The highest BCUT2D eigenvalue weighted by molar-refractivity contribution is 6.04. The lowest BCUT2D eigenvalue weighted by atomic mass is 9.82. The first-order chi connectivity index (χ1) is 18.9. The normalized spacial score (nSPS) is 23.5. The molecule has 2 aromatic carbocycles. The number of para-hydroxylation sites is 1. The van der Waals surface area contributed by atoms with Crippen molar-refractivity contribution in [2.75, 3.05) is 25.5 Å². The number of pyridine rings is 1. The molecule has 1 N–H and O–H groups in total. The van der Waals surface area contributed by atoms with Crippen LogP contribution in [0, 0.1) is 11.6 Å². The summed E-state index contributed by atoms with van der Waals surface area (Å²) in [7, 11) is 1.71. The molecule has 3 heterocycles. The van der Waals surface area contributed by atoms with Gasteiger partial charge in [-0.15, -0.1) is 0 Å². The van der Waals surface area contributed by atoms with Crippen LogP contribution < -0.4 is 5.32 Å². The van der Waals surface area contributed by atoms with E-state index in [1.54, 1.807) is 36.2 Å². The summed E-state index contributed by atoms with van der Waals surface area (Å²) in [5, 5.41) is 2.78. The third-order valence-electron chi connectivity index (χ3n) is 8.50. The number of benzene rings is 2. The zero-order chi connectivity index (χ0) is 27.1. The van der Waals surface area contributed by atoms with Gasteiger partial charge in [-0.1, -0.05) is 30.3 Å². The molecule has 1 atom stereocenters. The molecule has 1 saturated heterocycles. The topological polar surface area (TPSA) is 68.8 Å². The molecule has 2 aliphatic heterocycles. The lowest BCUT2D eigenvalue weighted by Gasteiger charge is -2.50. The number of nitrogens with one attached hydrogen (secondary N) is 1. The summed E-state index contributed by atoms with van der Waals surface area (Å²) in [4.78, 5) is 36.7. The zero-order valence-electron chi connectivity index (χ0n) is 21.8. The first-order valence-corrected chi connectivity index (χ1v) is 13.5. The predicted molar refractivity (Wildman–Crippen MR) is 143 cm³/mol. The zero-order valence-corrected chi connectivity index (χ0v) is 21.8. The van der Waals surface area contributed by atoms with E-state index in [2.05, 4.69) is 21.3 Å². The van der Waals surface area contributed by atoms with Crippen LogP contribution in [0.1, 0.15) is 54.5 Å². The molecule has 0 radical (unpaired) electrons. The number of fused-ring (bicyclic) bond motifs is 1. The van der Waals surface area contributed by atoms with E-state index in [-0.39, 0.29) is 6.04 Å². The Hall–Kier alpha value is -3.85. The number of anilines is 1. The smallest absolute Gasteiger partial charge is 0.322 e. The SMILES string of the molecule is CN(C(=O)N1C(=O)Nc2ccccc2C1c1ccc(F)c(F)c1)C1CN(C2CCC(c3ccccn3)CC2)C1. The molecule has 3 aromatic rings. The predicted octanol–water partition coefficient (Wildman–Crippen LogP) is 5.76. The number of likely N-dealkylation sites (N-methyl/N-ethyl adjacent to an activating group) is 1. The Bertz CT molecular complexity index is 1370. The van der Waals surface area contributed by atoms with Crippen LogP contribution in [0.2, 0.25) is 0 Å². The van der Waals surface area contributed by atoms with Crippen molar-refractivity contribution >= 4 is 17.7 Å². The van der Waals surface area contributed by atoms with Crippen LogP contribution in [0.4, 0.5) is 24.1 Å². The van der Waals surface area contributed by atoms with Gasteiger partial charge in [-0.3, -0.25) is 9.88 Å². The van der Waals surface area contributed by atoms with E-state index in [1.807, 2.05) is 18.3 Å². The summed E-state index contributed by atoms with van der Waals surface area (Å²) >= 11 is 0. The van der Waals surface area contributed by atoms with Crippen molar-refractivity contribution < 1.29 is 18.4 Å². The van der Waals surface area contributed by atoms with E-state index in [4.69, 9.17) is 0 Å². The molecule has 0 spiro atoms. The monoisotopic (exact) mass is 531 g/mol. The van der Waals surface area contributed by atoms with Gasteiger partial charge in [0.2, 0.25) is 0 Å². The highest BCUT2D eigenvalue weighted by Gasteiger charge is 2.44. The first kappa shape index (κ1) is 25.4. The van der Waals surface area contributed by atoms with Crippen molar-refractivity contribution in [3.8, 4) is 0 Å². The minimum absolute atomic E-state index is 0.0402. The van der Waals surface area contributed by atoms with E-state index >= 15 is 0 Å². The Morgan fingerprint density at radius 3 is 2.44 bits per heavy atom. The molecule has 2 fully saturated rings. The average Bonchev–Trinajstić information content (AvgIpc) is 2.93. The molecule has 1 aromatic heterocycles. The Morgan fingerprint density at radius 2 is 1.72 bits per heavy atom. The highest BCUT2D eigenvalue weighted by atomic mass is 19.2. The third-order valence-corrected chi connectivity index (χ3v) is 8.50. The highest BCUT2D eigenvalue weighted by Crippen LogP contribution is 2.40. The molecule has 0 bridgehead atoms. The van der Waals surface area contributed by atoms with Crippen molar-refractivity contribution in [3.63, 3.8) is 0 Å². The summed E-state index contributed by atoms with van der Waals surface area (Å²) < 4.78 is 28.0. The van der Waals surface area contributed by atoms with Crippen molar-refractivity contribution in [3.05, 3.63) is 95.3 Å². The van der Waals surface area contributed by atoms with Gasteiger partial charge in [-0.05, 0) is 61.6 Å². The largest absolute Gasteiger partial charge is 0.330 e. The van der Waals surface area contributed by atoms with Gasteiger partial charge >= 0.3 is 12.1 Å². The molecular weight excluding hydrogens is 500 g/mol. The quantitative estimate of drug-likeness (QED) is 0.465. The molecular formula is C30H31F2N5O2. The fourth-order valence-electron chi connectivity index (χ4n) is 6.20. The summed E-state index contributed by atoms with van der Waals surface area (Å²) in [6, 6.07) is 15.2. The fourth-order valence-corrected chi connectivity index (χ4v) is 6.20. The average molecular weight is 532 g/mol. The van der Waals surface area contributed by atoms with E-state index in [1.165, 1.54) is 11.8 Å². The van der Waals surface area contributed by atoms with Gasteiger partial charge in [0.05, 0.1) is 12.1 Å². The molecule has 1 aliphatic carbocycles. The van der Waals surface area contributed by atoms with Crippen molar-refractivity contribution in [2.45, 2.75) is 49.7 Å². The lowest BCUT2D eigenvalue weighted by Crippen LogP contribution is -2.65. The molecule has 6 rings (SSSR count). The van der Waals surface area contributed by atoms with Gasteiger partial charge in [0.15, 0.2) is 11.6 Å². The van der Waals surface area contributed by atoms with Gasteiger partial charge in [-0.25, -0.2) is 23.3 Å². The summed E-state index contributed by atoms with van der Waals surface area (Å²) in [6.07, 6.45) is 6.23. The second kappa shape index (κ2) is 10.4. The van der Waals surface area contributed by atoms with E-state index in [9.17, 15) is 18.4 Å². The van der Waals surface area contributed by atoms with Crippen LogP contribution in [-0.4, -0.2) is 64.0 Å². The van der Waals surface area contributed by atoms with Crippen LogP contribution in [0.25, 0.3) is 0 Å². The number of aromatic nitrogens is 1. The number of rotatable bonds is 4. The maximum atomic E-state index is 14.2. The van der Waals surface area contributed by atoms with Crippen LogP contribution in [0.3, 0.4) is 0 Å². The molecule has 39 heavy (non-hydrogen) atoms. The van der Waals surface area contributed by atoms with Crippen LogP contribution in [0.15, 0.2) is 66.9 Å². The standard InChI is InChI=1S/C30H31F2N5O2/c1-35(22-17-36(18-22)21-12-9-19(10-13-21)26-7-4-5-15-33-26)30(39)37-28(20-11-14-24(31)25(32)16-20)23-6-2-3-8-27(23)34-29(37)38/h2-8,11,14-16,19,21-22,28H,9-10,12-13,17-18H2,1H3,(H,34,38). The number of hydrogen-bond acceptors (Lipinski definition) is 4. The van der Waals surface area contributed by atoms with Gasteiger partial charge in [0, 0.05) is 55.2 Å². The van der Waals surface area contributed by atoms with Crippen LogP contribution >= 0.6 is 0 Å². The van der Waals surface area contributed by atoms with Gasteiger partial charge < -0.3 is 10.2 Å². The van der Waals surface area contributed by atoms with E-state index in [0.29, 0.717) is 28.8 Å². The number of urea groups is 2.